The molecule has 0 atom stereocenters. The second kappa shape index (κ2) is 9.25. The van der Waals surface area contributed by atoms with Crippen molar-refractivity contribution in [1.29, 1.82) is 0 Å². The molecule has 0 unspecified atom stereocenters. The lowest BCUT2D eigenvalue weighted by atomic mass is 10.0. The predicted molar refractivity (Wildman–Crippen MR) is 132 cm³/mol. The van der Waals surface area contributed by atoms with Crippen molar-refractivity contribution >= 4 is 22.8 Å². The molecule has 5 rings (SSSR count). The summed E-state index contributed by atoms with van der Waals surface area (Å²) in [6.45, 7) is 7.87. The van der Waals surface area contributed by atoms with Crippen LogP contribution < -0.4 is 0 Å². The van der Waals surface area contributed by atoms with Crippen LogP contribution in [0, 0.1) is 6.92 Å². The molecule has 178 valence electrons. The molecule has 0 saturated carbocycles. The van der Waals surface area contributed by atoms with E-state index in [1.165, 1.54) is 18.6 Å². The summed E-state index contributed by atoms with van der Waals surface area (Å²) in [6, 6.07) is 9.99. The van der Waals surface area contributed by atoms with Crippen molar-refractivity contribution in [2.45, 2.75) is 26.8 Å². The second-order valence-corrected chi connectivity index (χ2v) is 8.97. The van der Waals surface area contributed by atoms with Gasteiger partial charge in [-0.2, -0.15) is 5.10 Å². The fourth-order valence-electron chi connectivity index (χ4n) is 4.43. The maximum absolute atomic E-state index is 13.7. The molecule has 0 bridgehead atoms. The zero-order valence-corrected chi connectivity index (χ0v) is 20.0. The van der Waals surface area contributed by atoms with Gasteiger partial charge in [0.2, 0.25) is 0 Å². The van der Waals surface area contributed by atoms with E-state index < -0.39 is 0 Å². The highest BCUT2D eigenvalue weighted by molar-refractivity contribution is 6.06. The third-order valence-electron chi connectivity index (χ3n) is 6.34. The Kier molecular flexibility index (Phi) is 5.98. The minimum absolute atomic E-state index is 0.0813. The fraction of sp³-hybridized carbons (Fsp3) is 0.308. The average Bonchev–Trinajstić information content (AvgIpc) is 3.33. The quantitative estimate of drug-likeness (QED) is 0.455. The lowest BCUT2D eigenvalue weighted by Crippen LogP contribution is -2.50. The molecule has 3 aromatic heterocycles. The molecule has 4 heterocycles. The van der Waals surface area contributed by atoms with Crippen molar-refractivity contribution < 1.29 is 9.59 Å². The van der Waals surface area contributed by atoms with Crippen LogP contribution in [0.2, 0.25) is 0 Å². The molecule has 1 aromatic carbocycles. The highest BCUT2D eigenvalue weighted by Crippen LogP contribution is 2.29. The highest BCUT2D eigenvalue weighted by atomic mass is 16.2. The molecule has 2 amide bonds. The van der Waals surface area contributed by atoms with E-state index >= 15 is 0 Å². The molecule has 0 aliphatic carbocycles. The predicted octanol–water partition coefficient (Wildman–Crippen LogP) is 3.38. The largest absolute Gasteiger partial charge is 0.335 e. The first kappa shape index (κ1) is 22.6. The number of aromatic nitrogens is 5. The molecule has 9 nitrogen and oxygen atoms in total. The normalized spacial score (nSPS) is 14.1. The van der Waals surface area contributed by atoms with Gasteiger partial charge in [-0.05, 0) is 32.4 Å². The summed E-state index contributed by atoms with van der Waals surface area (Å²) in [5, 5.41) is 5.26. The zero-order chi connectivity index (χ0) is 24.5. The van der Waals surface area contributed by atoms with E-state index in [1.54, 1.807) is 16.0 Å². The molecular formula is C26H27N7O2. The van der Waals surface area contributed by atoms with Crippen molar-refractivity contribution in [2.75, 3.05) is 26.2 Å². The average molecular weight is 470 g/mol. The Morgan fingerprint density at radius 2 is 1.66 bits per heavy atom. The number of carbonyl (C=O) groups excluding carboxylic acids is 2. The topological polar surface area (TPSA) is 97.1 Å². The zero-order valence-electron chi connectivity index (χ0n) is 20.0. The number of piperazine rings is 1. The maximum atomic E-state index is 13.7. The van der Waals surface area contributed by atoms with E-state index in [2.05, 4.69) is 15.1 Å². The first-order chi connectivity index (χ1) is 16.9. The van der Waals surface area contributed by atoms with Gasteiger partial charge < -0.3 is 9.80 Å². The molecule has 1 aliphatic rings. The van der Waals surface area contributed by atoms with E-state index in [4.69, 9.17) is 4.98 Å². The summed E-state index contributed by atoms with van der Waals surface area (Å²) in [6.07, 6.45) is 6.23. The number of pyridine rings is 1. The van der Waals surface area contributed by atoms with E-state index in [0.29, 0.717) is 43.1 Å². The Morgan fingerprint density at radius 1 is 0.943 bits per heavy atom. The Labute approximate surface area is 203 Å². The number of amides is 2. The van der Waals surface area contributed by atoms with Crippen molar-refractivity contribution in [3.8, 4) is 11.3 Å². The summed E-state index contributed by atoms with van der Waals surface area (Å²) in [7, 11) is 0. The van der Waals surface area contributed by atoms with Crippen LogP contribution in [-0.4, -0.2) is 72.5 Å². The lowest BCUT2D eigenvalue weighted by Gasteiger charge is -2.34. The van der Waals surface area contributed by atoms with Crippen LogP contribution in [0.25, 0.3) is 22.3 Å². The number of rotatable bonds is 4. The van der Waals surface area contributed by atoms with Crippen molar-refractivity contribution in [2.24, 2.45) is 0 Å². The van der Waals surface area contributed by atoms with E-state index in [0.717, 1.165) is 22.2 Å². The van der Waals surface area contributed by atoms with Gasteiger partial charge >= 0.3 is 0 Å². The molecule has 1 saturated heterocycles. The van der Waals surface area contributed by atoms with Crippen LogP contribution in [0.3, 0.4) is 0 Å². The van der Waals surface area contributed by atoms with Crippen LogP contribution in [-0.2, 0) is 0 Å². The molecule has 35 heavy (non-hydrogen) atoms. The van der Waals surface area contributed by atoms with Gasteiger partial charge in [0.15, 0.2) is 5.65 Å². The minimum atomic E-state index is -0.170. The van der Waals surface area contributed by atoms with E-state index in [1.807, 2.05) is 55.8 Å². The maximum Gasteiger partial charge on any atom is 0.274 e. The summed E-state index contributed by atoms with van der Waals surface area (Å²) in [5.74, 6) is -0.251. The summed E-state index contributed by atoms with van der Waals surface area (Å²) in [5.41, 5.74) is 4.41. The van der Waals surface area contributed by atoms with Crippen LogP contribution >= 0.6 is 0 Å². The van der Waals surface area contributed by atoms with Crippen molar-refractivity contribution in [1.82, 2.24) is 34.5 Å². The first-order valence-corrected chi connectivity index (χ1v) is 11.7. The van der Waals surface area contributed by atoms with E-state index in [9.17, 15) is 9.59 Å². The molecule has 1 aliphatic heterocycles. The number of hydrogen-bond acceptors (Lipinski definition) is 6. The van der Waals surface area contributed by atoms with Gasteiger partial charge in [0, 0.05) is 50.2 Å². The van der Waals surface area contributed by atoms with Crippen molar-refractivity contribution in [3.63, 3.8) is 0 Å². The standard InChI is InChI=1S/C26H27N7O2/c1-17(2)33-24-21(15-29-33)20(14-22(30-24)19-7-5-4-6-18(19)3)25(34)31-10-12-32(13-11-31)26(35)23-16-27-8-9-28-23/h4-9,14-17H,10-13H2,1-3H3. The number of hydrogen-bond donors (Lipinski definition) is 0. The molecule has 0 spiro atoms. The highest BCUT2D eigenvalue weighted by Gasteiger charge is 2.28. The lowest BCUT2D eigenvalue weighted by molar-refractivity contribution is 0.0533. The van der Waals surface area contributed by atoms with Crippen LogP contribution in [0.4, 0.5) is 0 Å². The smallest absolute Gasteiger partial charge is 0.274 e. The summed E-state index contributed by atoms with van der Waals surface area (Å²) >= 11 is 0. The number of fused-ring (bicyclic) bond motifs is 1. The van der Waals surface area contributed by atoms with Gasteiger partial charge in [-0.25, -0.2) is 14.6 Å². The van der Waals surface area contributed by atoms with Gasteiger partial charge in [-0.15, -0.1) is 0 Å². The molecule has 9 heteroatoms. The molecule has 0 N–H and O–H groups in total. The monoisotopic (exact) mass is 469 g/mol. The van der Waals surface area contributed by atoms with Crippen LogP contribution in [0.1, 0.15) is 46.3 Å². The van der Waals surface area contributed by atoms with Gasteiger partial charge in [0.25, 0.3) is 11.8 Å². The number of nitrogens with zero attached hydrogens (tertiary/aromatic N) is 7. The third-order valence-corrected chi connectivity index (χ3v) is 6.34. The summed E-state index contributed by atoms with van der Waals surface area (Å²) < 4.78 is 1.85. The summed E-state index contributed by atoms with van der Waals surface area (Å²) in [4.78, 5) is 43.0. The Bertz CT molecular complexity index is 1390. The molecule has 1 fully saturated rings. The Morgan fingerprint density at radius 3 is 2.31 bits per heavy atom. The Balaban J connectivity index is 1.46. The second-order valence-electron chi connectivity index (χ2n) is 8.97. The third kappa shape index (κ3) is 4.25. The fourth-order valence-corrected chi connectivity index (χ4v) is 4.43. The Hall–Kier alpha value is -4.14. The molecule has 4 aromatic rings. The van der Waals surface area contributed by atoms with E-state index in [-0.39, 0.29) is 17.9 Å². The number of aryl methyl sites for hydroxylation is 1. The number of benzene rings is 1. The van der Waals surface area contributed by atoms with Crippen LogP contribution in [0.5, 0.6) is 0 Å². The van der Waals surface area contributed by atoms with Gasteiger partial charge in [0.1, 0.15) is 5.69 Å². The van der Waals surface area contributed by atoms with Gasteiger partial charge in [-0.3, -0.25) is 14.6 Å². The number of carbonyl (C=O) groups is 2. The molecular weight excluding hydrogens is 442 g/mol. The van der Waals surface area contributed by atoms with Crippen molar-refractivity contribution in [3.05, 3.63) is 71.9 Å². The minimum Gasteiger partial charge on any atom is -0.335 e. The molecule has 0 radical (unpaired) electrons. The SMILES string of the molecule is Cc1ccccc1-c1cc(C(=O)N2CCN(C(=O)c3cnccn3)CC2)c2cnn(C(C)C)c2n1. The van der Waals surface area contributed by atoms with Gasteiger partial charge in [0.05, 0.1) is 29.0 Å². The first-order valence-electron chi connectivity index (χ1n) is 11.7. The van der Waals surface area contributed by atoms with Crippen LogP contribution in [0.15, 0.2) is 55.1 Å². The van der Waals surface area contributed by atoms with Gasteiger partial charge in [-0.1, -0.05) is 24.3 Å².